The van der Waals surface area contributed by atoms with Crippen molar-refractivity contribution in [3.63, 3.8) is 0 Å². The van der Waals surface area contributed by atoms with E-state index in [2.05, 4.69) is 26.1 Å². The zero-order valence-electron chi connectivity index (χ0n) is 9.51. The highest BCUT2D eigenvalue weighted by molar-refractivity contribution is 4.68. The van der Waals surface area contributed by atoms with Gasteiger partial charge in [0.05, 0.1) is 6.10 Å². The highest BCUT2D eigenvalue weighted by atomic mass is 16.3. The fourth-order valence-corrected chi connectivity index (χ4v) is 1.54. The van der Waals surface area contributed by atoms with E-state index in [0.29, 0.717) is 12.0 Å². The first-order chi connectivity index (χ1) is 6.07. The molecule has 80 valence electrons. The van der Waals surface area contributed by atoms with Gasteiger partial charge in [-0.3, -0.25) is 0 Å². The SMILES string of the molecule is CCC(NCCCC(C)O)C(C)C. The molecule has 0 bridgehead atoms. The molecule has 0 aromatic rings. The molecule has 2 atom stereocenters. The average Bonchev–Trinajstić information content (AvgIpc) is 2.03. The fourth-order valence-electron chi connectivity index (χ4n) is 1.54. The lowest BCUT2D eigenvalue weighted by molar-refractivity contribution is 0.180. The molecule has 2 heteroatoms. The number of aliphatic hydroxyl groups is 1. The van der Waals surface area contributed by atoms with E-state index in [1.54, 1.807) is 0 Å². The van der Waals surface area contributed by atoms with Gasteiger partial charge in [-0.15, -0.1) is 0 Å². The van der Waals surface area contributed by atoms with Crippen LogP contribution in [-0.2, 0) is 0 Å². The van der Waals surface area contributed by atoms with Crippen LogP contribution in [0.4, 0.5) is 0 Å². The minimum Gasteiger partial charge on any atom is -0.393 e. The molecule has 0 aliphatic heterocycles. The van der Waals surface area contributed by atoms with Gasteiger partial charge in [0.2, 0.25) is 0 Å². The summed E-state index contributed by atoms with van der Waals surface area (Å²) in [5, 5.41) is 12.6. The minimum atomic E-state index is -0.152. The summed E-state index contributed by atoms with van der Waals surface area (Å²) in [4.78, 5) is 0. The Labute approximate surface area is 82.7 Å². The molecule has 0 aromatic heterocycles. The van der Waals surface area contributed by atoms with Crippen molar-refractivity contribution in [2.45, 2.75) is 59.1 Å². The summed E-state index contributed by atoms with van der Waals surface area (Å²) in [5.74, 6) is 0.705. The molecule has 2 N–H and O–H groups in total. The Morgan fingerprint density at radius 2 is 1.85 bits per heavy atom. The maximum Gasteiger partial charge on any atom is 0.0512 e. The van der Waals surface area contributed by atoms with Gasteiger partial charge >= 0.3 is 0 Å². The zero-order chi connectivity index (χ0) is 10.3. The number of hydrogen-bond donors (Lipinski definition) is 2. The Bertz CT molecular complexity index is 113. The maximum absolute atomic E-state index is 9.06. The quantitative estimate of drug-likeness (QED) is 0.599. The molecule has 0 fully saturated rings. The third-order valence-corrected chi connectivity index (χ3v) is 2.45. The van der Waals surface area contributed by atoms with E-state index in [1.165, 1.54) is 6.42 Å². The van der Waals surface area contributed by atoms with Crippen molar-refractivity contribution >= 4 is 0 Å². The van der Waals surface area contributed by atoms with Crippen molar-refractivity contribution in [3.05, 3.63) is 0 Å². The van der Waals surface area contributed by atoms with Crippen LogP contribution in [0.1, 0.15) is 47.0 Å². The van der Waals surface area contributed by atoms with Gasteiger partial charge in [-0.05, 0) is 38.6 Å². The van der Waals surface area contributed by atoms with Gasteiger partial charge in [0.25, 0.3) is 0 Å². The highest BCUT2D eigenvalue weighted by Crippen LogP contribution is 2.05. The van der Waals surface area contributed by atoms with Crippen LogP contribution in [0, 0.1) is 5.92 Å². The van der Waals surface area contributed by atoms with Crippen molar-refractivity contribution < 1.29 is 5.11 Å². The summed E-state index contributed by atoms with van der Waals surface area (Å²) >= 11 is 0. The lowest BCUT2D eigenvalue weighted by Gasteiger charge is -2.20. The Kier molecular flexibility index (Phi) is 7.29. The minimum absolute atomic E-state index is 0.152. The lowest BCUT2D eigenvalue weighted by Crippen LogP contribution is -2.34. The third kappa shape index (κ3) is 7.03. The van der Waals surface area contributed by atoms with E-state index in [-0.39, 0.29) is 6.10 Å². The number of nitrogens with one attached hydrogen (secondary N) is 1. The number of hydrogen-bond acceptors (Lipinski definition) is 2. The average molecular weight is 187 g/mol. The Morgan fingerprint density at radius 1 is 1.23 bits per heavy atom. The van der Waals surface area contributed by atoms with E-state index >= 15 is 0 Å². The van der Waals surface area contributed by atoms with Crippen LogP contribution >= 0.6 is 0 Å². The second kappa shape index (κ2) is 7.34. The van der Waals surface area contributed by atoms with Crippen LogP contribution in [0.15, 0.2) is 0 Å². The van der Waals surface area contributed by atoms with Crippen LogP contribution in [-0.4, -0.2) is 23.8 Å². The molecule has 0 rings (SSSR count). The Morgan fingerprint density at radius 3 is 2.23 bits per heavy atom. The van der Waals surface area contributed by atoms with E-state index < -0.39 is 0 Å². The largest absolute Gasteiger partial charge is 0.393 e. The van der Waals surface area contributed by atoms with Gasteiger partial charge < -0.3 is 10.4 Å². The molecule has 0 radical (unpaired) electrons. The van der Waals surface area contributed by atoms with Crippen molar-refractivity contribution in [1.29, 1.82) is 0 Å². The fraction of sp³-hybridized carbons (Fsp3) is 1.00. The molecule has 0 heterocycles. The van der Waals surface area contributed by atoms with E-state index in [0.717, 1.165) is 19.4 Å². The molecule has 0 saturated carbocycles. The van der Waals surface area contributed by atoms with Gasteiger partial charge in [-0.1, -0.05) is 20.8 Å². The number of rotatable bonds is 7. The molecule has 0 amide bonds. The first-order valence-corrected chi connectivity index (χ1v) is 5.49. The normalized spacial score (nSPS) is 16.2. The van der Waals surface area contributed by atoms with Crippen molar-refractivity contribution in [3.8, 4) is 0 Å². The zero-order valence-corrected chi connectivity index (χ0v) is 9.51. The molecule has 0 spiro atoms. The molecule has 2 nitrogen and oxygen atoms in total. The van der Waals surface area contributed by atoms with Crippen LogP contribution in [0.2, 0.25) is 0 Å². The van der Waals surface area contributed by atoms with Crippen LogP contribution in [0.3, 0.4) is 0 Å². The molecule has 13 heavy (non-hydrogen) atoms. The summed E-state index contributed by atoms with van der Waals surface area (Å²) in [5.41, 5.74) is 0. The molecule has 0 aliphatic carbocycles. The predicted octanol–water partition coefficient (Wildman–Crippen LogP) is 2.17. The lowest BCUT2D eigenvalue weighted by atomic mass is 10.0. The van der Waals surface area contributed by atoms with E-state index in [1.807, 2.05) is 6.92 Å². The summed E-state index contributed by atoms with van der Waals surface area (Å²) < 4.78 is 0. The van der Waals surface area contributed by atoms with Crippen LogP contribution < -0.4 is 5.32 Å². The van der Waals surface area contributed by atoms with Gasteiger partial charge in [0, 0.05) is 6.04 Å². The molecule has 0 aromatic carbocycles. The molecule has 2 unspecified atom stereocenters. The second-order valence-corrected chi connectivity index (χ2v) is 4.20. The summed E-state index contributed by atoms with van der Waals surface area (Å²) in [7, 11) is 0. The molecular weight excluding hydrogens is 162 g/mol. The molecular formula is C11H25NO. The monoisotopic (exact) mass is 187 g/mol. The third-order valence-electron chi connectivity index (χ3n) is 2.45. The van der Waals surface area contributed by atoms with Crippen molar-refractivity contribution in [2.24, 2.45) is 5.92 Å². The van der Waals surface area contributed by atoms with E-state index in [9.17, 15) is 0 Å². The maximum atomic E-state index is 9.06. The van der Waals surface area contributed by atoms with E-state index in [4.69, 9.17) is 5.11 Å². The van der Waals surface area contributed by atoms with Crippen LogP contribution in [0.5, 0.6) is 0 Å². The van der Waals surface area contributed by atoms with Crippen LogP contribution in [0.25, 0.3) is 0 Å². The highest BCUT2D eigenvalue weighted by Gasteiger charge is 2.08. The summed E-state index contributed by atoms with van der Waals surface area (Å²) in [6.45, 7) is 9.58. The standard InChI is InChI=1S/C11H25NO/c1-5-11(9(2)3)12-8-6-7-10(4)13/h9-13H,5-8H2,1-4H3. The first-order valence-electron chi connectivity index (χ1n) is 5.49. The topological polar surface area (TPSA) is 32.3 Å². The van der Waals surface area contributed by atoms with Crippen molar-refractivity contribution in [2.75, 3.05) is 6.54 Å². The second-order valence-electron chi connectivity index (χ2n) is 4.20. The Hall–Kier alpha value is -0.0800. The summed E-state index contributed by atoms with van der Waals surface area (Å²) in [6, 6.07) is 0.633. The molecule has 0 saturated heterocycles. The van der Waals surface area contributed by atoms with Gasteiger partial charge in [0.1, 0.15) is 0 Å². The first kappa shape index (κ1) is 12.9. The van der Waals surface area contributed by atoms with Gasteiger partial charge in [-0.25, -0.2) is 0 Å². The molecule has 0 aliphatic rings. The van der Waals surface area contributed by atoms with Gasteiger partial charge in [0.15, 0.2) is 0 Å². The summed E-state index contributed by atoms with van der Waals surface area (Å²) in [6.07, 6.45) is 3.01. The smallest absolute Gasteiger partial charge is 0.0512 e. The van der Waals surface area contributed by atoms with Gasteiger partial charge in [-0.2, -0.15) is 0 Å². The Balaban J connectivity index is 3.39. The van der Waals surface area contributed by atoms with Crippen molar-refractivity contribution in [1.82, 2.24) is 5.32 Å². The number of aliphatic hydroxyl groups excluding tert-OH is 1. The predicted molar refractivity (Wildman–Crippen MR) is 57.8 cm³/mol.